The Balaban J connectivity index is 1.54. The van der Waals surface area contributed by atoms with Crippen molar-refractivity contribution in [3.8, 4) is 11.1 Å². The molecule has 0 N–H and O–H groups in total. The van der Waals surface area contributed by atoms with Crippen LogP contribution in [-0.4, -0.2) is 127 Å². The summed E-state index contributed by atoms with van der Waals surface area (Å²) in [5.41, 5.74) is 3.62. The van der Waals surface area contributed by atoms with E-state index >= 15 is 0 Å². The Labute approximate surface area is 336 Å². The first-order valence-electron chi connectivity index (χ1n) is 20.0. The molecule has 2 aliphatic rings. The van der Waals surface area contributed by atoms with Crippen molar-refractivity contribution in [2.24, 2.45) is 0 Å². The van der Waals surface area contributed by atoms with Gasteiger partial charge in [-0.1, -0.05) is 51.4 Å². The largest absolute Gasteiger partial charge is 0.461 e. The maximum Gasteiger partial charge on any atom is 0.338 e. The molecular weight excluding hydrogens is 743 g/mol. The van der Waals surface area contributed by atoms with Crippen LogP contribution >= 0.6 is 0 Å². The van der Waals surface area contributed by atoms with E-state index in [2.05, 4.69) is 57.5 Å². The molecule has 0 unspecified atom stereocenters. The number of fused-ring (bicyclic) bond motifs is 1. The van der Waals surface area contributed by atoms with Crippen LogP contribution in [0, 0.1) is 0 Å². The standard InChI is InChI=1S/C40H63BN6O7Si2/c1-49-18-20-53-39(48)40(54-21-19-50-2)16-14-31(15-17-40)36-35(41)38(45(29-51-22-24-55(3,4)5)30-52-23-25-56(6,7)8)47-37(44-36)34(27-43-47)32-26-42-46(28-32)33-12-10-9-11-13-33/h10,12-13,26-28,31H,9,11,14-25,29-30H2,1-8H3. The van der Waals surface area contributed by atoms with Crippen LogP contribution in [0.4, 0.5) is 5.82 Å². The van der Waals surface area contributed by atoms with Crippen LogP contribution in [0.25, 0.3) is 22.5 Å². The number of esters is 1. The molecular formula is C40H63BN6O7Si2. The zero-order valence-corrected chi connectivity index (χ0v) is 37.0. The Morgan fingerprint density at radius 3 is 2.16 bits per heavy atom. The minimum Gasteiger partial charge on any atom is -0.461 e. The lowest BCUT2D eigenvalue weighted by molar-refractivity contribution is -0.180. The topological polar surface area (TPSA) is 124 Å². The van der Waals surface area contributed by atoms with Crippen LogP contribution < -0.4 is 10.4 Å². The number of carbonyl (C=O) groups is 1. The minimum atomic E-state index is -1.33. The van der Waals surface area contributed by atoms with Crippen molar-refractivity contribution in [1.29, 1.82) is 0 Å². The number of rotatable bonds is 22. The fraction of sp³-hybridized carbons (Fsp3) is 0.650. The van der Waals surface area contributed by atoms with Crippen molar-refractivity contribution in [2.45, 2.75) is 101 Å². The molecule has 0 aliphatic heterocycles. The fourth-order valence-corrected chi connectivity index (χ4v) is 8.41. The van der Waals surface area contributed by atoms with Crippen LogP contribution in [0.3, 0.4) is 0 Å². The molecule has 0 spiro atoms. The van der Waals surface area contributed by atoms with E-state index in [1.165, 1.54) is 0 Å². The molecule has 3 aromatic rings. The molecule has 1 fully saturated rings. The molecule has 2 radical (unpaired) electrons. The number of carbonyl (C=O) groups excluding carboxylic acids is 1. The van der Waals surface area contributed by atoms with E-state index < -0.39 is 21.7 Å². The Hall–Kier alpha value is -3.12. The highest BCUT2D eigenvalue weighted by atomic mass is 28.3. The molecule has 0 saturated heterocycles. The molecule has 13 nitrogen and oxygen atoms in total. The van der Waals surface area contributed by atoms with Gasteiger partial charge < -0.3 is 33.3 Å². The summed E-state index contributed by atoms with van der Waals surface area (Å²) in [5.74, 6) is 0.237. The van der Waals surface area contributed by atoms with Crippen LogP contribution in [0.1, 0.15) is 50.1 Å². The van der Waals surface area contributed by atoms with Gasteiger partial charge in [-0.25, -0.2) is 14.5 Å². The third-order valence-corrected chi connectivity index (χ3v) is 13.8. The predicted molar refractivity (Wildman–Crippen MR) is 227 cm³/mol. The average molecular weight is 807 g/mol. The molecule has 56 heavy (non-hydrogen) atoms. The maximum atomic E-state index is 13.5. The Bertz CT molecular complexity index is 1770. The zero-order valence-electron chi connectivity index (χ0n) is 35.0. The summed E-state index contributed by atoms with van der Waals surface area (Å²) in [6, 6.07) is 2.07. The van der Waals surface area contributed by atoms with Crippen molar-refractivity contribution in [3.63, 3.8) is 0 Å². The lowest BCUT2D eigenvalue weighted by Gasteiger charge is -2.38. The summed E-state index contributed by atoms with van der Waals surface area (Å²) in [4.78, 5) is 20.9. The summed E-state index contributed by atoms with van der Waals surface area (Å²) >= 11 is 0. The smallest absolute Gasteiger partial charge is 0.338 e. The highest BCUT2D eigenvalue weighted by molar-refractivity contribution is 6.76. The van der Waals surface area contributed by atoms with E-state index in [9.17, 15) is 4.79 Å². The molecule has 2 aliphatic carbocycles. The number of aromatic nitrogens is 5. The van der Waals surface area contributed by atoms with E-state index in [-0.39, 0.29) is 38.6 Å². The third-order valence-electron chi connectivity index (χ3n) is 10.3. The van der Waals surface area contributed by atoms with Crippen molar-refractivity contribution in [2.75, 3.05) is 72.2 Å². The van der Waals surface area contributed by atoms with E-state index in [1.54, 1.807) is 14.2 Å². The van der Waals surface area contributed by atoms with Gasteiger partial charge in [-0.05, 0) is 62.2 Å². The quantitative estimate of drug-likeness (QED) is 0.0495. The van der Waals surface area contributed by atoms with Crippen molar-refractivity contribution in [3.05, 3.63) is 42.5 Å². The SMILES string of the molecule is [B]c1c(C2CCC(OCCOC)(C(=O)OCCOC)CC2)nc2c(-c3cnn(C4=CCCC=C4)c3)cnn2c1N(COCC[Si](C)(C)C)COCC[Si](C)(C)C. The fourth-order valence-electron chi connectivity index (χ4n) is 6.90. The van der Waals surface area contributed by atoms with Crippen molar-refractivity contribution < 1.29 is 33.2 Å². The first-order chi connectivity index (χ1) is 26.7. The molecule has 3 heterocycles. The van der Waals surface area contributed by atoms with Gasteiger partial charge in [0.15, 0.2) is 11.2 Å². The predicted octanol–water partition coefficient (Wildman–Crippen LogP) is 6.26. The lowest BCUT2D eigenvalue weighted by atomic mass is 9.74. The van der Waals surface area contributed by atoms with E-state index in [0.29, 0.717) is 69.0 Å². The summed E-state index contributed by atoms with van der Waals surface area (Å²) < 4.78 is 38.8. The summed E-state index contributed by atoms with van der Waals surface area (Å²) in [6.07, 6.45) is 16.3. The molecule has 0 bridgehead atoms. The molecule has 0 aromatic carbocycles. The monoisotopic (exact) mass is 806 g/mol. The molecule has 306 valence electrons. The Morgan fingerprint density at radius 1 is 0.893 bits per heavy atom. The van der Waals surface area contributed by atoms with Gasteiger partial charge in [0, 0.05) is 72.5 Å². The van der Waals surface area contributed by atoms with Crippen LogP contribution in [0.15, 0.2) is 36.8 Å². The second-order valence-corrected chi connectivity index (χ2v) is 28.5. The Kier molecular flexibility index (Phi) is 15.7. The highest BCUT2D eigenvalue weighted by Gasteiger charge is 2.45. The number of allylic oxidation sites excluding steroid dienone is 4. The number of hydrogen-bond donors (Lipinski definition) is 0. The van der Waals surface area contributed by atoms with Gasteiger partial charge in [0.05, 0.1) is 37.9 Å². The normalized spacial score (nSPS) is 19.1. The van der Waals surface area contributed by atoms with Crippen LogP contribution in [0.2, 0.25) is 51.4 Å². The maximum absolute atomic E-state index is 13.5. The number of hydrogen-bond acceptors (Lipinski definition) is 11. The van der Waals surface area contributed by atoms with E-state index in [1.807, 2.05) is 32.7 Å². The molecule has 3 aromatic heterocycles. The number of methoxy groups -OCH3 is 2. The van der Waals surface area contributed by atoms with Gasteiger partial charge in [0.2, 0.25) is 0 Å². The Morgan fingerprint density at radius 2 is 1.55 bits per heavy atom. The number of nitrogens with zero attached hydrogens (tertiary/aromatic N) is 6. The second-order valence-electron chi connectivity index (χ2n) is 17.3. The first kappa shape index (κ1) is 44.0. The van der Waals surface area contributed by atoms with Gasteiger partial charge >= 0.3 is 5.97 Å². The number of anilines is 1. The summed E-state index contributed by atoms with van der Waals surface area (Å²) in [5, 5.41) is 9.62. The van der Waals surface area contributed by atoms with Crippen LogP contribution in [0.5, 0.6) is 0 Å². The second kappa shape index (κ2) is 20.0. The van der Waals surface area contributed by atoms with Crippen molar-refractivity contribution in [1.82, 2.24) is 24.4 Å². The van der Waals surface area contributed by atoms with Gasteiger partial charge in [-0.3, -0.25) is 0 Å². The van der Waals surface area contributed by atoms with E-state index in [0.717, 1.165) is 47.4 Å². The van der Waals surface area contributed by atoms with Gasteiger partial charge in [0.1, 0.15) is 33.7 Å². The van der Waals surface area contributed by atoms with E-state index in [4.69, 9.17) is 51.4 Å². The average Bonchev–Trinajstić information content (AvgIpc) is 3.82. The molecule has 1 saturated carbocycles. The van der Waals surface area contributed by atoms with Gasteiger partial charge in [-0.2, -0.15) is 14.7 Å². The molecule has 5 rings (SSSR count). The zero-order chi connectivity index (χ0) is 40.3. The number of ether oxygens (including phenoxy) is 6. The summed E-state index contributed by atoms with van der Waals surface area (Å²) in [6.45, 7) is 17.0. The molecule has 16 heteroatoms. The highest BCUT2D eigenvalue weighted by Crippen LogP contribution is 2.41. The van der Waals surface area contributed by atoms with Crippen LogP contribution in [-0.2, 0) is 33.2 Å². The van der Waals surface area contributed by atoms with Gasteiger partial charge in [0.25, 0.3) is 0 Å². The molecule has 0 atom stereocenters. The minimum absolute atomic E-state index is 0.0600. The lowest BCUT2D eigenvalue weighted by Crippen LogP contribution is -2.47. The summed E-state index contributed by atoms with van der Waals surface area (Å²) in [7, 11) is 7.78. The van der Waals surface area contributed by atoms with Gasteiger partial charge in [-0.15, -0.1) is 0 Å². The first-order valence-corrected chi connectivity index (χ1v) is 27.5. The third kappa shape index (κ3) is 11.7. The van der Waals surface area contributed by atoms with Crippen molar-refractivity contribution >= 4 is 52.6 Å². The molecule has 0 amide bonds.